The maximum Gasteiger partial charge on any atom is 0.306 e. The van der Waals surface area contributed by atoms with Gasteiger partial charge in [0.1, 0.15) is 22.6 Å². The Morgan fingerprint density at radius 3 is 2.42 bits per heavy atom. The van der Waals surface area contributed by atoms with Crippen LogP contribution in [0.5, 0.6) is 11.5 Å². The number of carbonyl (C=O) groups is 1. The topological polar surface area (TPSA) is 35.5 Å². The molecule has 0 aliphatic heterocycles. The van der Waals surface area contributed by atoms with E-state index in [-0.39, 0.29) is 28.9 Å². The van der Waals surface area contributed by atoms with E-state index in [1.165, 1.54) is 0 Å². The van der Waals surface area contributed by atoms with Crippen LogP contribution < -0.4 is 4.74 Å². The van der Waals surface area contributed by atoms with Gasteiger partial charge in [0.15, 0.2) is 0 Å². The minimum atomic E-state index is -0.273. The highest BCUT2D eigenvalue weighted by atomic mass is 35.5. The van der Waals surface area contributed by atoms with Crippen LogP contribution in [0.1, 0.15) is 32.3 Å². The molecule has 2 rings (SSSR count). The number of ether oxygens (including phenoxy) is 2. The van der Waals surface area contributed by atoms with Gasteiger partial charge in [0, 0.05) is 0 Å². The van der Waals surface area contributed by atoms with E-state index in [0.29, 0.717) is 12.2 Å². The van der Waals surface area contributed by atoms with Crippen molar-refractivity contribution in [3.63, 3.8) is 0 Å². The molecule has 138 valence electrons. The Morgan fingerprint density at radius 2 is 1.73 bits per heavy atom. The Hall–Kier alpha value is -1.97. The van der Waals surface area contributed by atoms with Crippen molar-refractivity contribution < 1.29 is 14.3 Å². The van der Waals surface area contributed by atoms with E-state index in [2.05, 4.69) is 0 Å². The largest absolute Gasteiger partial charge is 0.461 e. The maximum absolute atomic E-state index is 12.1. The molecule has 2 aromatic carbocycles. The molecule has 2 aromatic rings. The molecule has 0 radical (unpaired) electrons. The highest BCUT2D eigenvalue weighted by molar-refractivity contribution is 6.55. The third kappa shape index (κ3) is 7.51. The van der Waals surface area contributed by atoms with Crippen LogP contribution in [0, 0.1) is 5.41 Å². The molecule has 26 heavy (non-hydrogen) atoms. The van der Waals surface area contributed by atoms with Gasteiger partial charge in [0.05, 0.1) is 6.42 Å². The second-order valence-corrected chi connectivity index (χ2v) is 7.77. The standard InChI is InChI=1S/C21H22Cl2O3/c1-21(2,12-11-19(22)23)14-20(24)25-15-16-7-6-10-18(13-16)26-17-8-4-3-5-9-17/h3-11,13H,12,14-15H2,1-2H3. The summed E-state index contributed by atoms with van der Waals surface area (Å²) in [5.41, 5.74) is 0.595. The van der Waals surface area contributed by atoms with Gasteiger partial charge in [-0.25, -0.2) is 0 Å². The molecule has 0 spiro atoms. The molecule has 0 unspecified atom stereocenters. The first kappa shape index (κ1) is 20.3. The fraction of sp³-hybridized carbons (Fsp3) is 0.286. The number of hydrogen-bond donors (Lipinski definition) is 0. The van der Waals surface area contributed by atoms with Crippen LogP contribution in [0.3, 0.4) is 0 Å². The van der Waals surface area contributed by atoms with Gasteiger partial charge in [-0.3, -0.25) is 4.79 Å². The van der Waals surface area contributed by atoms with Crippen LogP contribution in [0.15, 0.2) is 65.2 Å². The van der Waals surface area contributed by atoms with Gasteiger partial charge in [-0.2, -0.15) is 0 Å². The minimum Gasteiger partial charge on any atom is -0.461 e. The van der Waals surface area contributed by atoms with Crippen LogP contribution in [0.25, 0.3) is 0 Å². The van der Waals surface area contributed by atoms with Crippen molar-refractivity contribution in [2.75, 3.05) is 0 Å². The molecular weight excluding hydrogens is 371 g/mol. The minimum absolute atomic E-state index is 0.201. The first-order chi connectivity index (χ1) is 12.3. The number of carbonyl (C=O) groups excluding carboxylic acids is 1. The van der Waals surface area contributed by atoms with Gasteiger partial charge in [0.2, 0.25) is 0 Å². The summed E-state index contributed by atoms with van der Waals surface area (Å²) in [6.07, 6.45) is 2.58. The monoisotopic (exact) mass is 392 g/mol. The van der Waals surface area contributed by atoms with Gasteiger partial charge in [0.25, 0.3) is 0 Å². The lowest BCUT2D eigenvalue weighted by molar-refractivity contribution is -0.147. The molecule has 0 aromatic heterocycles. The Balaban J connectivity index is 1.88. The number of allylic oxidation sites excluding steroid dienone is 1. The second-order valence-electron chi connectivity index (χ2n) is 6.76. The fourth-order valence-corrected chi connectivity index (χ4v) is 2.51. The van der Waals surface area contributed by atoms with Crippen molar-refractivity contribution >= 4 is 29.2 Å². The number of para-hydroxylation sites is 1. The van der Waals surface area contributed by atoms with E-state index in [9.17, 15) is 4.79 Å². The van der Waals surface area contributed by atoms with Gasteiger partial charge in [-0.15, -0.1) is 0 Å². The second kappa shape index (κ2) is 9.65. The molecule has 0 heterocycles. The SMILES string of the molecule is CC(C)(CC=C(Cl)Cl)CC(=O)OCc1cccc(Oc2ccccc2)c1. The van der Waals surface area contributed by atoms with Crippen molar-refractivity contribution in [1.82, 2.24) is 0 Å². The number of benzene rings is 2. The molecule has 3 nitrogen and oxygen atoms in total. The van der Waals surface area contributed by atoms with Gasteiger partial charge in [-0.1, -0.05) is 73.5 Å². The predicted octanol–water partition coefficient (Wildman–Crippen LogP) is 6.65. The highest BCUT2D eigenvalue weighted by Gasteiger charge is 2.22. The Labute approximate surface area is 164 Å². The summed E-state index contributed by atoms with van der Waals surface area (Å²) in [6.45, 7) is 4.14. The first-order valence-electron chi connectivity index (χ1n) is 8.33. The lowest BCUT2D eigenvalue weighted by Gasteiger charge is -2.21. The van der Waals surface area contributed by atoms with Crippen molar-refractivity contribution in [2.24, 2.45) is 5.41 Å². The van der Waals surface area contributed by atoms with Crippen LogP contribution in [-0.2, 0) is 16.1 Å². The lowest BCUT2D eigenvalue weighted by atomic mass is 9.86. The van der Waals surface area contributed by atoms with Crippen molar-refractivity contribution in [2.45, 2.75) is 33.3 Å². The van der Waals surface area contributed by atoms with Crippen molar-refractivity contribution in [3.8, 4) is 11.5 Å². The van der Waals surface area contributed by atoms with E-state index in [0.717, 1.165) is 11.3 Å². The molecule has 0 N–H and O–H groups in total. The predicted molar refractivity (Wildman–Crippen MR) is 106 cm³/mol. The lowest BCUT2D eigenvalue weighted by Crippen LogP contribution is -2.18. The number of hydrogen-bond acceptors (Lipinski definition) is 3. The normalized spacial score (nSPS) is 10.9. The summed E-state index contributed by atoms with van der Waals surface area (Å²) >= 11 is 11.3. The van der Waals surface area contributed by atoms with Crippen molar-refractivity contribution in [1.29, 1.82) is 0 Å². The van der Waals surface area contributed by atoms with E-state index in [1.54, 1.807) is 6.08 Å². The molecule has 0 bridgehead atoms. The number of esters is 1. The fourth-order valence-electron chi connectivity index (χ4n) is 2.35. The third-order valence-corrected chi connectivity index (χ3v) is 4.02. The Bertz CT molecular complexity index is 751. The summed E-state index contributed by atoms with van der Waals surface area (Å²) in [5, 5.41) is 0. The maximum atomic E-state index is 12.1. The smallest absolute Gasteiger partial charge is 0.306 e. The summed E-state index contributed by atoms with van der Waals surface area (Å²) in [4.78, 5) is 12.1. The van der Waals surface area contributed by atoms with E-state index >= 15 is 0 Å². The van der Waals surface area contributed by atoms with E-state index < -0.39 is 0 Å². The van der Waals surface area contributed by atoms with Gasteiger partial charge < -0.3 is 9.47 Å². The number of halogens is 2. The van der Waals surface area contributed by atoms with Crippen LogP contribution in [0.4, 0.5) is 0 Å². The summed E-state index contributed by atoms with van der Waals surface area (Å²) in [6, 6.07) is 17.0. The Morgan fingerprint density at radius 1 is 1.04 bits per heavy atom. The quantitative estimate of drug-likeness (QED) is 0.471. The van der Waals surface area contributed by atoms with Crippen LogP contribution in [-0.4, -0.2) is 5.97 Å². The van der Waals surface area contributed by atoms with Gasteiger partial charge in [-0.05, 0) is 41.7 Å². The summed E-state index contributed by atoms with van der Waals surface area (Å²) < 4.78 is 11.4. The molecule has 0 atom stereocenters. The molecule has 5 heteroatoms. The molecule has 0 amide bonds. The zero-order valence-corrected chi connectivity index (χ0v) is 16.4. The van der Waals surface area contributed by atoms with E-state index in [1.807, 2.05) is 68.4 Å². The molecular formula is C21H22Cl2O3. The molecule has 0 aliphatic carbocycles. The summed E-state index contributed by atoms with van der Waals surface area (Å²) in [5.74, 6) is 1.20. The van der Waals surface area contributed by atoms with Crippen LogP contribution >= 0.6 is 23.2 Å². The molecule has 0 aliphatic rings. The zero-order valence-electron chi connectivity index (χ0n) is 14.9. The first-order valence-corrected chi connectivity index (χ1v) is 9.08. The van der Waals surface area contributed by atoms with Gasteiger partial charge >= 0.3 is 5.97 Å². The molecule has 0 fully saturated rings. The van der Waals surface area contributed by atoms with E-state index in [4.69, 9.17) is 32.7 Å². The summed E-state index contributed by atoms with van der Waals surface area (Å²) in [7, 11) is 0. The Kier molecular flexibility index (Phi) is 7.55. The van der Waals surface area contributed by atoms with Crippen LogP contribution in [0.2, 0.25) is 0 Å². The average molecular weight is 393 g/mol. The third-order valence-electron chi connectivity index (χ3n) is 3.71. The average Bonchev–Trinajstić information content (AvgIpc) is 2.59. The van der Waals surface area contributed by atoms with Crippen molar-refractivity contribution in [3.05, 3.63) is 70.7 Å². The highest BCUT2D eigenvalue weighted by Crippen LogP contribution is 2.28. The number of rotatable bonds is 8. The molecule has 0 saturated heterocycles. The molecule has 0 saturated carbocycles. The zero-order chi connectivity index (χ0) is 19.0.